The first-order valence-electron chi connectivity index (χ1n) is 6.31. The van der Waals surface area contributed by atoms with Crippen LogP contribution in [0.15, 0.2) is 0 Å². The Morgan fingerprint density at radius 1 is 1.15 bits per heavy atom. The number of hydrogen-bond acceptors (Lipinski definition) is 7. The predicted octanol–water partition coefficient (Wildman–Crippen LogP) is 0.385. The Morgan fingerprint density at radius 2 is 1.85 bits per heavy atom. The highest BCUT2D eigenvalue weighted by atomic mass is 35.5. The second-order valence-corrected chi connectivity index (χ2v) is 6.01. The summed E-state index contributed by atoms with van der Waals surface area (Å²) in [6, 6.07) is 0. The Labute approximate surface area is 121 Å². The summed E-state index contributed by atoms with van der Waals surface area (Å²) < 4.78 is 32.4. The zero-order valence-corrected chi connectivity index (χ0v) is 12.4. The Kier molecular flexibility index (Phi) is 3.28. The third-order valence-corrected chi connectivity index (χ3v) is 4.13. The highest BCUT2D eigenvalue weighted by Crippen LogP contribution is 2.50. The van der Waals surface area contributed by atoms with Crippen LogP contribution in [0.3, 0.4) is 0 Å². The topological polar surface area (TPSA) is 75.8 Å². The summed E-state index contributed by atoms with van der Waals surface area (Å²) in [6.07, 6.45) is -2.59. The number of hydrogen-bond donors (Lipinski definition) is 0. The molecule has 3 heterocycles. The van der Waals surface area contributed by atoms with Crippen molar-refractivity contribution in [3.63, 3.8) is 0 Å². The zero-order valence-electron chi connectivity index (χ0n) is 11.6. The number of epoxide rings is 1. The fraction of sp³-hybridized carbons (Fsp3) is 0.917. The predicted molar refractivity (Wildman–Crippen MR) is 65.0 cm³/mol. The lowest BCUT2D eigenvalue weighted by Gasteiger charge is -2.24. The van der Waals surface area contributed by atoms with E-state index in [1.165, 1.54) is 14.2 Å². The van der Waals surface area contributed by atoms with Crippen LogP contribution in [0.5, 0.6) is 0 Å². The fourth-order valence-electron chi connectivity index (χ4n) is 2.75. The third-order valence-electron chi connectivity index (χ3n) is 3.67. The normalized spacial score (nSPS) is 49.0. The van der Waals surface area contributed by atoms with Crippen LogP contribution in [0.4, 0.5) is 0 Å². The van der Waals surface area contributed by atoms with Crippen molar-refractivity contribution in [2.45, 2.75) is 55.4 Å². The van der Waals surface area contributed by atoms with Gasteiger partial charge in [0.2, 0.25) is 0 Å². The van der Waals surface area contributed by atoms with Crippen molar-refractivity contribution >= 4 is 17.6 Å². The quantitative estimate of drug-likeness (QED) is 0.424. The first kappa shape index (κ1) is 14.5. The molecule has 0 aromatic heterocycles. The fourth-order valence-corrected chi connectivity index (χ4v) is 3.05. The molecule has 2 unspecified atom stereocenters. The molecule has 3 saturated heterocycles. The van der Waals surface area contributed by atoms with Crippen LogP contribution in [0, 0.1) is 0 Å². The lowest BCUT2D eigenvalue weighted by molar-refractivity contribution is -0.218. The Balaban J connectivity index is 1.73. The van der Waals surface area contributed by atoms with Gasteiger partial charge in [0.1, 0.15) is 24.4 Å². The number of rotatable bonds is 3. The molecular weight excluding hydrogens is 292 g/mol. The van der Waals surface area contributed by atoms with E-state index < -0.39 is 41.4 Å². The molecule has 7 nitrogen and oxygen atoms in total. The van der Waals surface area contributed by atoms with Gasteiger partial charge in [-0.05, 0) is 13.8 Å². The van der Waals surface area contributed by atoms with Crippen LogP contribution in [0.1, 0.15) is 13.8 Å². The van der Waals surface area contributed by atoms with Gasteiger partial charge in [-0.25, -0.2) is 4.79 Å². The monoisotopic (exact) mass is 308 g/mol. The van der Waals surface area contributed by atoms with Crippen molar-refractivity contribution in [3.05, 3.63) is 0 Å². The van der Waals surface area contributed by atoms with Gasteiger partial charge in [0.05, 0.1) is 7.11 Å². The first-order chi connectivity index (χ1) is 9.32. The van der Waals surface area contributed by atoms with E-state index in [0.29, 0.717) is 0 Å². The molecule has 0 spiro atoms. The number of halogens is 1. The largest absolute Gasteiger partial charge is 0.466 e. The van der Waals surface area contributed by atoms with Crippen molar-refractivity contribution in [3.8, 4) is 0 Å². The minimum atomic E-state index is -1.51. The van der Waals surface area contributed by atoms with Crippen LogP contribution in [0.25, 0.3) is 0 Å². The lowest BCUT2D eigenvalue weighted by Crippen LogP contribution is -2.41. The second-order valence-electron chi connectivity index (χ2n) is 5.44. The Bertz CT molecular complexity index is 428. The van der Waals surface area contributed by atoms with E-state index in [1.807, 2.05) is 0 Å². The SMILES string of the molecule is COC(=O)C1(Cl)OC1[C@H]1O[C@@H]2OC(C)(C)O[C@@H]2[C@H]1OC. The summed E-state index contributed by atoms with van der Waals surface area (Å²) in [5.41, 5.74) is 0. The van der Waals surface area contributed by atoms with Gasteiger partial charge in [0.25, 0.3) is 5.06 Å². The molecule has 0 radical (unpaired) electrons. The van der Waals surface area contributed by atoms with E-state index in [0.717, 1.165) is 0 Å². The summed E-state index contributed by atoms with van der Waals surface area (Å²) in [5.74, 6) is -1.39. The summed E-state index contributed by atoms with van der Waals surface area (Å²) >= 11 is 6.06. The molecule has 114 valence electrons. The molecule has 3 rings (SSSR count). The Hall–Kier alpha value is -0.440. The minimum absolute atomic E-state index is 0.386. The van der Waals surface area contributed by atoms with Gasteiger partial charge in [-0.15, -0.1) is 0 Å². The van der Waals surface area contributed by atoms with Gasteiger partial charge in [-0.1, -0.05) is 11.6 Å². The maximum absolute atomic E-state index is 11.6. The molecule has 0 aromatic rings. The molecule has 3 aliphatic heterocycles. The molecule has 6 atom stereocenters. The van der Waals surface area contributed by atoms with E-state index in [-0.39, 0.29) is 6.10 Å². The van der Waals surface area contributed by atoms with E-state index >= 15 is 0 Å². The van der Waals surface area contributed by atoms with Gasteiger partial charge in [-0.2, -0.15) is 0 Å². The Morgan fingerprint density at radius 3 is 2.45 bits per heavy atom. The van der Waals surface area contributed by atoms with Crippen LogP contribution in [-0.4, -0.2) is 61.7 Å². The standard InChI is InChI=1S/C12H17ClO7/c1-11(2)18-7-5(15-3)6(17-9(7)20-11)8-12(13,19-8)10(14)16-4/h5-9H,1-4H3/t5-,6-,7+,8?,9+,12?/m0/s1. The van der Waals surface area contributed by atoms with E-state index in [4.69, 9.17) is 35.3 Å². The number of esters is 1. The summed E-state index contributed by atoms with van der Waals surface area (Å²) in [5, 5.41) is -1.51. The molecule has 0 aromatic carbocycles. The smallest absolute Gasteiger partial charge is 0.357 e. The van der Waals surface area contributed by atoms with E-state index in [9.17, 15) is 4.79 Å². The maximum Gasteiger partial charge on any atom is 0.357 e. The average molecular weight is 309 g/mol. The van der Waals surface area contributed by atoms with Crippen molar-refractivity contribution in [1.82, 2.24) is 0 Å². The highest BCUT2D eigenvalue weighted by Gasteiger charge is 2.71. The molecule has 8 heteroatoms. The summed E-state index contributed by atoms with van der Waals surface area (Å²) in [4.78, 5) is 11.6. The zero-order chi connectivity index (χ0) is 14.7. The number of alkyl halides is 1. The van der Waals surface area contributed by atoms with Gasteiger partial charge in [0, 0.05) is 7.11 Å². The molecule has 0 amide bonds. The van der Waals surface area contributed by atoms with Crippen LogP contribution in [-0.2, 0) is 33.2 Å². The van der Waals surface area contributed by atoms with Crippen molar-refractivity contribution in [1.29, 1.82) is 0 Å². The van der Waals surface area contributed by atoms with Crippen LogP contribution in [0.2, 0.25) is 0 Å². The van der Waals surface area contributed by atoms with Gasteiger partial charge in [-0.3, -0.25) is 0 Å². The molecule has 0 bridgehead atoms. The van der Waals surface area contributed by atoms with Crippen molar-refractivity contribution < 1.29 is 33.2 Å². The second kappa shape index (κ2) is 4.53. The number of carbonyl (C=O) groups is 1. The minimum Gasteiger partial charge on any atom is -0.466 e. The number of fused-ring (bicyclic) bond motifs is 1. The number of methoxy groups -OCH3 is 2. The lowest BCUT2D eigenvalue weighted by atomic mass is 10.1. The molecular formula is C12H17ClO7. The molecule has 3 aliphatic rings. The molecule has 20 heavy (non-hydrogen) atoms. The first-order valence-corrected chi connectivity index (χ1v) is 6.69. The highest BCUT2D eigenvalue weighted by molar-refractivity contribution is 6.35. The van der Waals surface area contributed by atoms with Crippen molar-refractivity contribution in [2.75, 3.05) is 14.2 Å². The van der Waals surface area contributed by atoms with E-state index in [2.05, 4.69) is 4.74 Å². The van der Waals surface area contributed by atoms with Crippen LogP contribution >= 0.6 is 11.6 Å². The van der Waals surface area contributed by atoms with Crippen LogP contribution < -0.4 is 0 Å². The summed E-state index contributed by atoms with van der Waals surface area (Å²) in [7, 11) is 2.78. The van der Waals surface area contributed by atoms with Gasteiger partial charge in [0.15, 0.2) is 12.1 Å². The van der Waals surface area contributed by atoms with Gasteiger partial charge >= 0.3 is 5.97 Å². The molecule has 0 aliphatic carbocycles. The average Bonchev–Trinajstić information content (AvgIpc) is 2.83. The number of ether oxygens (including phenoxy) is 6. The third kappa shape index (κ3) is 2.04. The molecule has 0 saturated carbocycles. The maximum atomic E-state index is 11.6. The molecule has 3 fully saturated rings. The molecule has 0 N–H and O–H groups in total. The van der Waals surface area contributed by atoms with Crippen molar-refractivity contribution in [2.24, 2.45) is 0 Å². The van der Waals surface area contributed by atoms with Gasteiger partial charge < -0.3 is 28.4 Å². The number of carbonyl (C=O) groups excluding carboxylic acids is 1. The van der Waals surface area contributed by atoms with E-state index in [1.54, 1.807) is 13.8 Å². The summed E-state index contributed by atoms with van der Waals surface area (Å²) in [6.45, 7) is 3.59.